The number of aryl methyl sites for hydroxylation is 1. The van der Waals surface area contributed by atoms with Gasteiger partial charge in [0.05, 0.1) is 6.61 Å². The van der Waals surface area contributed by atoms with E-state index in [0.717, 1.165) is 28.1 Å². The maximum Gasteiger partial charge on any atom is 0.119 e. The van der Waals surface area contributed by atoms with Crippen LogP contribution >= 0.6 is 0 Å². The van der Waals surface area contributed by atoms with E-state index in [1.54, 1.807) is 0 Å². The number of hydrogen-bond donors (Lipinski definition) is 1. The van der Waals surface area contributed by atoms with Gasteiger partial charge in [0.15, 0.2) is 0 Å². The molecule has 2 heteroatoms. The van der Waals surface area contributed by atoms with Gasteiger partial charge in [0, 0.05) is 11.3 Å². The van der Waals surface area contributed by atoms with Crippen LogP contribution < -0.4 is 10.5 Å². The van der Waals surface area contributed by atoms with E-state index >= 15 is 0 Å². The van der Waals surface area contributed by atoms with Crippen molar-refractivity contribution < 1.29 is 4.74 Å². The van der Waals surface area contributed by atoms with Crippen LogP contribution in [0.5, 0.6) is 5.75 Å². The lowest BCUT2D eigenvalue weighted by Crippen LogP contribution is -1.94. The first-order chi connectivity index (χ1) is 8.22. The van der Waals surface area contributed by atoms with Crippen LogP contribution in [-0.2, 0) is 0 Å². The molecule has 0 aliphatic heterocycles. The van der Waals surface area contributed by atoms with Crippen LogP contribution in [0, 0.1) is 6.92 Å². The van der Waals surface area contributed by atoms with Crippen molar-refractivity contribution in [1.82, 2.24) is 0 Å². The van der Waals surface area contributed by atoms with E-state index in [1.807, 2.05) is 56.3 Å². The van der Waals surface area contributed by atoms with E-state index in [4.69, 9.17) is 10.5 Å². The Hall–Kier alpha value is -1.96. The quantitative estimate of drug-likeness (QED) is 0.812. The second kappa shape index (κ2) is 4.91. The summed E-state index contributed by atoms with van der Waals surface area (Å²) in [6.07, 6.45) is 0. The fourth-order valence-electron chi connectivity index (χ4n) is 1.85. The van der Waals surface area contributed by atoms with Crippen LogP contribution in [0.15, 0.2) is 42.5 Å². The lowest BCUT2D eigenvalue weighted by molar-refractivity contribution is 0.340. The van der Waals surface area contributed by atoms with E-state index < -0.39 is 0 Å². The molecule has 0 aliphatic carbocycles. The summed E-state index contributed by atoms with van der Waals surface area (Å²) in [5.41, 5.74) is 10.2. The largest absolute Gasteiger partial charge is 0.494 e. The molecule has 0 fully saturated rings. The Kier molecular flexibility index (Phi) is 3.33. The van der Waals surface area contributed by atoms with Crippen molar-refractivity contribution in [1.29, 1.82) is 0 Å². The minimum absolute atomic E-state index is 0.673. The third-order valence-corrected chi connectivity index (χ3v) is 2.78. The van der Waals surface area contributed by atoms with Crippen LogP contribution in [0.2, 0.25) is 0 Å². The van der Waals surface area contributed by atoms with E-state index in [9.17, 15) is 0 Å². The molecule has 0 radical (unpaired) electrons. The zero-order chi connectivity index (χ0) is 12.3. The Morgan fingerprint density at radius 2 is 1.88 bits per heavy atom. The van der Waals surface area contributed by atoms with E-state index in [0.29, 0.717) is 6.61 Å². The average Bonchev–Trinajstić information content (AvgIpc) is 2.33. The monoisotopic (exact) mass is 227 g/mol. The summed E-state index contributed by atoms with van der Waals surface area (Å²) in [7, 11) is 0. The molecule has 2 aromatic rings. The van der Waals surface area contributed by atoms with Gasteiger partial charge in [-0.15, -0.1) is 0 Å². The molecule has 88 valence electrons. The van der Waals surface area contributed by atoms with Crippen molar-refractivity contribution in [2.24, 2.45) is 0 Å². The molecule has 0 unspecified atom stereocenters. The van der Waals surface area contributed by atoms with Crippen LogP contribution in [0.4, 0.5) is 5.69 Å². The molecule has 2 rings (SSSR count). The Labute approximate surface area is 102 Å². The first-order valence-electron chi connectivity index (χ1n) is 5.80. The molecular formula is C15H17NO. The van der Waals surface area contributed by atoms with Gasteiger partial charge in [-0.25, -0.2) is 0 Å². The van der Waals surface area contributed by atoms with Crippen LogP contribution in [0.25, 0.3) is 11.1 Å². The van der Waals surface area contributed by atoms with Crippen molar-refractivity contribution in [2.75, 3.05) is 12.3 Å². The zero-order valence-corrected chi connectivity index (χ0v) is 10.2. The van der Waals surface area contributed by atoms with Crippen molar-refractivity contribution in [2.45, 2.75) is 13.8 Å². The van der Waals surface area contributed by atoms with Gasteiger partial charge in [-0.3, -0.25) is 0 Å². The lowest BCUT2D eigenvalue weighted by atomic mass is 10.0. The Bertz CT molecular complexity index is 520. The SMILES string of the molecule is CCOc1cccc(-c2cccc(C)c2N)c1. The van der Waals surface area contributed by atoms with E-state index in [-0.39, 0.29) is 0 Å². The highest BCUT2D eigenvalue weighted by molar-refractivity contribution is 5.78. The molecule has 0 aliphatic rings. The van der Waals surface area contributed by atoms with Gasteiger partial charge in [0.1, 0.15) is 5.75 Å². The van der Waals surface area contributed by atoms with Gasteiger partial charge in [0.2, 0.25) is 0 Å². The standard InChI is InChI=1S/C15H17NO/c1-3-17-13-8-5-7-12(10-13)14-9-4-6-11(2)15(14)16/h4-10H,3,16H2,1-2H3. The number of anilines is 1. The van der Waals surface area contributed by atoms with Crippen molar-refractivity contribution in [3.8, 4) is 16.9 Å². The number of nitrogens with two attached hydrogens (primary N) is 1. The Balaban J connectivity index is 2.45. The summed E-state index contributed by atoms with van der Waals surface area (Å²) in [5, 5.41) is 0. The predicted octanol–water partition coefficient (Wildman–Crippen LogP) is 3.64. The van der Waals surface area contributed by atoms with E-state index in [2.05, 4.69) is 0 Å². The summed E-state index contributed by atoms with van der Waals surface area (Å²) in [6.45, 7) is 4.67. The summed E-state index contributed by atoms with van der Waals surface area (Å²) < 4.78 is 5.50. The summed E-state index contributed by atoms with van der Waals surface area (Å²) in [5.74, 6) is 0.880. The molecule has 0 spiro atoms. The molecule has 2 nitrogen and oxygen atoms in total. The zero-order valence-electron chi connectivity index (χ0n) is 10.2. The van der Waals surface area contributed by atoms with Crippen molar-refractivity contribution in [3.05, 3.63) is 48.0 Å². The number of para-hydroxylation sites is 1. The Morgan fingerprint density at radius 1 is 1.12 bits per heavy atom. The minimum atomic E-state index is 0.673. The second-order valence-electron chi connectivity index (χ2n) is 4.00. The molecule has 0 heterocycles. The number of hydrogen-bond acceptors (Lipinski definition) is 2. The molecule has 0 saturated carbocycles. The third-order valence-electron chi connectivity index (χ3n) is 2.78. The van der Waals surface area contributed by atoms with Crippen molar-refractivity contribution >= 4 is 5.69 Å². The smallest absolute Gasteiger partial charge is 0.119 e. The number of ether oxygens (including phenoxy) is 1. The third kappa shape index (κ3) is 2.41. The van der Waals surface area contributed by atoms with Gasteiger partial charge in [-0.05, 0) is 37.1 Å². The first kappa shape index (κ1) is 11.5. The van der Waals surface area contributed by atoms with Crippen molar-refractivity contribution in [3.63, 3.8) is 0 Å². The second-order valence-corrected chi connectivity index (χ2v) is 4.00. The maximum absolute atomic E-state index is 6.10. The molecule has 0 bridgehead atoms. The topological polar surface area (TPSA) is 35.2 Å². The van der Waals surface area contributed by atoms with Gasteiger partial charge in [-0.1, -0.05) is 30.3 Å². The highest BCUT2D eigenvalue weighted by Crippen LogP contribution is 2.30. The predicted molar refractivity (Wildman–Crippen MR) is 72.2 cm³/mol. The van der Waals surface area contributed by atoms with Crippen LogP contribution in [-0.4, -0.2) is 6.61 Å². The highest BCUT2D eigenvalue weighted by atomic mass is 16.5. The average molecular weight is 227 g/mol. The number of rotatable bonds is 3. The Morgan fingerprint density at radius 3 is 2.65 bits per heavy atom. The van der Waals surface area contributed by atoms with Gasteiger partial charge < -0.3 is 10.5 Å². The first-order valence-corrected chi connectivity index (χ1v) is 5.80. The summed E-state index contributed by atoms with van der Waals surface area (Å²) >= 11 is 0. The molecular weight excluding hydrogens is 210 g/mol. The lowest BCUT2D eigenvalue weighted by Gasteiger charge is -2.10. The van der Waals surface area contributed by atoms with Crippen LogP contribution in [0.3, 0.4) is 0 Å². The number of nitrogen functional groups attached to an aromatic ring is 1. The molecule has 0 atom stereocenters. The number of benzene rings is 2. The molecule has 0 amide bonds. The normalized spacial score (nSPS) is 10.2. The molecule has 2 N–H and O–H groups in total. The van der Waals surface area contributed by atoms with E-state index in [1.165, 1.54) is 0 Å². The molecule has 0 aromatic heterocycles. The van der Waals surface area contributed by atoms with Crippen LogP contribution in [0.1, 0.15) is 12.5 Å². The minimum Gasteiger partial charge on any atom is -0.494 e. The van der Waals surface area contributed by atoms with Gasteiger partial charge in [-0.2, -0.15) is 0 Å². The highest BCUT2D eigenvalue weighted by Gasteiger charge is 2.05. The van der Waals surface area contributed by atoms with Gasteiger partial charge >= 0.3 is 0 Å². The fraction of sp³-hybridized carbons (Fsp3) is 0.200. The maximum atomic E-state index is 6.10. The fourth-order valence-corrected chi connectivity index (χ4v) is 1.85. The molecule has 2 aromatic carbocycles. The summed E-state index contributed by atoms with van der Waals surface area (Å²) in [6, 6.07) is 14.1. The van der Waals surface area contributed by atoms with Gasteiger partial charge in [0.25, 0.3) is 0 Å². The molecule has 17 heavy (non-hydrogen) atoms. The summed E-state index contributed by atoms with van der Waals surface area (Å²) in [4.78, 5) is 0. The molecule has 0 saturated heterocycles.